The van der Waals surface area contributed by atoms with Crippen LogP contribution < -0.4 is 5.32 Å². The molecule has 0 unspecified atom stereocenters. The minimum absolute atomic E-state index is 0.0987. The average Bonchev–Trinajstić information content (AvgIpc) is 3.05. The highest BCUT2D eigenvalue weighted by Gasteiger charge is 2.19. The number of aromatic nitrogens is 4. The summed E-state index contributed by atoms with van der Waals surface area (Å²) >= 11 is 0. The van der Waals surface area contributed by atoms with E-state index in [2.05, 4.69) is 20.4 Å². The first kappa shape index (κ1) is 15.9. The van der Waals surface area contributed by atoms with Crippen molar-refractivity contribution < 1.29 is 4.79 Å². The molecule has 0 saturated heterocycles. The highest BCUT2D eigenvalue weighted by Crippen LogP contribution is 2.18. The molecule has 0 amide bonds. The molecule has 0 saturated carbocycles. The number of rotatable bonds is 5. The van der Waals surface area contributed by atoms with Crippen LogP contribution in [0.5, 0.6) is 0 Å². The molecule has 0 aliphatic rings. The second kappa shape index (κ2) is 7.04. The molecule has 3 rings (SSSR count). The molecule has 6 nitrogen and oxygen atoms in total. The molecule has 122 valence electrons. The quantitative estimate of drug-likeness (QED) is 0.781. The monoisotopic (exact) mass is 321 g/mol. The van der Waals surface area contributed by atoms with Gasteiger partial charge in [-0.2, -0.15) is 9.67 Å². The Balaban J connectivity index is 1.91. The van der Waals surface area contributed by atoms with Gasteiger partial charge in [-0.1, -0.05) is 44.2 Å². The van der Waals surface area contributed by atoms with Crippen LogP contribution >= 0.6 is 0 Å². The fraction of sp³-hybridized carbons (Fsp3) is 0.222. The molecule has 0 fully saturated rings. The van der Waals surface area contributed by atoms with E-state index in [9.17, 15) is 4.79 Å². The number of carbonyl (C=O) groups is 1. The van der Waals surface area contributed by atoms with Crippen molar-refractivity contribution in [2.24, 2.45) is 5.92 Å². The van der Waals surface area contributed by atoms with Crippen molar-refractivity contribution in [3.05, 3.63) is 60.4 Å². The molecule has 0 radical (unpaired) electrons. The maximum Gasteiger partial charge on any atom is 0.252 e. The Morgan fingerprint density at radius 1 is 1.12 bits per heavy atom. The molecular weight excluding hydrogens is 302 g/mol. The van der Waals surface area contributed by atoms with Crippen LogP contribution in [0.15, 0.2) is 54.9 Å². The van der Waals surface area contributed by atoms with Crippen LogP contribution in [0.25, 0.3) is 11.4 Å². The lowest BCUT2D eigenvalue weighted by Crippen LogP contribution is -2.21. The molecule has 24 heavy (non-hydrogen) atoms. The van der Waals surface area contributed by atoms with Crippen molar-refractivity contribution in [2.75, 3.05) is 5.32 Å². The standard InChI is InChI=1S/C18H19N5O/c1-13(2)17(24)23-18(20-12-14-6-4-3-5-7-14)21-16(22-23)15-8-10-19-11-9-15/h3-11,13H,12H2,1-2H3,(H,20,21,22). The van der Waals surface area contributed by atoms with Crippen molar-refractivity contribution >= 4 is 11.9 Å². The topological polar surface area (TPSA) is 72.7 Å². The van der Waals surface area contributed by atoms with Gasteiger partial charge >= 0.3 is 0 Å². The molecule has 0 aliphatic carbocycles. The minimum atomic E-state index is -0.172. The van der Waals surface area contributed by atoms with Gasteiger partial charge in [-0.05, 0) is 17.7 Å². The third-order valence-corrected chi connectivity index (χ3v) is 3.54. The number of anilines is 1. The molecule has 0 aliphatic heterocycles. The highest BCUT2D eigenvalue weighted by atomic mass is 16.2. The summed E-state index contributed by atoms with van der Waals surface area (Å²) < 4.78 is 1.35. The van der Waals surface area contributed by atoms with Crippen molar-refractivity contribution in [2.45, 2.75) is 20.4 Å². The van der Waals surface area contributed by atoms with E-state index in [0.29, 0.717) is 18.3 Å². The molecular formula is C18H19N5O. The molecule has 1 aromatic carbocycles. The van der Waals surface area contributed by atoms with Crippen LogP contribution in [-0.2, 0) is 6.54 Å². The fourth-order valence-corrected chi connectivity index (χ4v) is 2.23. The van der Waals surface area contributed by atoms with Gasteiger partial charge in [0.15, 0.2) is 5.82 Å². The van der Waals surface area contributed by atoms with Gasteiger partial charge in [-0.3, -0.25) is 9.78 Å². The van der Waals surface area contributed by atoms with Gasteiger partial charge in [0.05, 0.1) is 0 Å². The third kappa shape index (κ3) is 3.48. The van der Waals surface area contributed by atoms with E-state index in [0.717, 1.165) is 11.1 Å². The van der Waals surface area contributed by atoms with Crippen LogP contribution in [0.4, 0.5) is 5.95 Å². The lowest BCUT2D eigenvalue weighted by atomic mass is 10.2. The normalized spacial score (nSPS) is 10.8. The molecule has 0 bridgehead atoms. The summed E-state index contributed by atoms with van der Waals surface area (Å²) in [6, 6.07) is 13.6. The summed E-state index contributed by atoms with van der Waals surface area (Å²) in [5.74, 6) is 0.680. The van der Waals surface area contributed by atoms with E-state index >= 15 is 0 Å². The maximum absolute atomic E-state index is 12.4. The van der Waals surface area contributed by atoms with Crippen molar-refractivity contribution in [1.29, 1.82) is 0 Å². The molecule has 3 aromatic rings. The van der Waals surface area contributed by atoms with E-state index < -0.39 is 0 Å². The Morgan fingerprint density at radius 2 is 1.83 bits per heavy atom. The Bertz CT molecular complexity index is 812. The number of hydrogen-bond acceptors (Lipinski definition) is 5. The first-order valence-corrected chi connectivity index (χ1v) is 7.84. The van der Waals surface area contributed by atoms with Gasteiger partial charge in [0.2, 0.25) is 5.95 Å². The van der Waals surface area contributed by atoms with Crippen LogP contribution in [-0.4, -0.2) is 25.7 Å². The molecule has 0 spiro atoms. The van der Waals surface area contributed by atoms with Gasteiger partial charge in [0, 0.05) is 30.4 Å². The SMILES string of the molecule is CC(C)C(=O)n1nc(-c2ccncc2)nc1NCc1ccccc1. The summed E-state index contributed by atoms with van der Waals surface area (Å²) in [6.45, 7) is 4.26. The Kier molecular flexibility index (Phi) is 4.65. The van der Waals surface area contributed by atoms with Crippen LogP contribution in [0.1, 0.15) is 24.2 Å². The zero-order chi connectivity index (χ0) is 16.9. The van der Waals surface area contributed by atoms with Gasteiger partial charge in [-0.15, -0.1) is 5.10 Å². The van der Waals surface area contributed by atoms with E-state index in [-0.39, 0.29) is 11.8 Å². The van der Waals surface area contributed by atoms with Crippen LogP contribution in [0, 0.1) is 5.92 Å². The number of nitrogens with zero attached hydrogens (tertiary/aromatic N) is 4. The zero-order valence-electron chi connectivity index (χ0n) is 13.7. The summed E-state index contributed by atoms with van der Waals surface area (Å²) in [6.07, 6.45) is 3.36. The lowest BCUT2D eigenvalue weighted by molar-refractivity contribution is 0.0841. The first-order chi connectivity index (χ1) is 11.6. The van der Waals surface area contributed by atoms with Gasteiger partial charge in [-0.25, -0.2) is 0 Å². The molecule has 0 atom stereocenters. The Labute approximate surface area is 140 Å². The molecule has 6 heteroatoms. The number of carbonyl (C=O) groups excluding carboxylic acids is 1. The van der Waals surface area contributed by atoms with E-state index in [1.165, 1.54) is 4.68 Å². The predicted octanol–water partition coefficient (Wildman–Crippen LogP) is 3.25. The maximum atomic E-state index is 12.4. The van der Waals surface area contributed by atoms with Crippen molar-refractivity contribution in [3.63, 3.8) is 0 Å². The Hall–Kier alpha value is -3.02. The number of benzene rings is 1. The van der Waals surface area contributed by atoms with Gasteiger partial charge in [0.1, 0.15) is 0 Å². The predicted molar refractivity (Wildman–Crippen MR) is 92.5 cm³/mol. The van der Waals surface area contributed by atoms with E-state index in [4.69, 9.17) is 0 Å². The number of hydrogen-bond donors (Lipinski definition) is 1. The molecule has 1 N–H and O–H groups in total. The smallest absolute Gasteiger partial charge is 0.252 e. The minimum Gasteiger partial charge on any atom is -0.350 e. The summed E-state index contributed by atoms with van der Waals surface area (Å²) in [7, 11) is 0. The zero-order valence-corrected chi connectivity index (χ0v) is 13.7. The number of nitrogens with one attached hydrogen (secondary N) is 1. The van der Waals surface area contributed by atoms with Crippen molar-refractivity contribution in [3.8, 4) is 11.4 Å². The van der Waals surface area contributed by atoms with E-state index in [1.807, 2.05) is 56.3 Å². The van der Waals surface area contributed by atoms with Gasteiger partial charge < -0.3 is 5.32 Å². The summed E-state index contributed by atoms with van der Waals surface area (Å²) in [5.41, 5.74) is 1.93. The second-order valence-corrected chi connectivity index (χ2v) is 5.74. The average molecular weight is 321 g/mol. The largest absolute Gasteiger partial charge is 0.350 e. The highest BCUT2D eigenvalue weighted by molar-refractivity contribution is 5.83. The molecule has 2 aromatic heterocycles. The van der Waals surface area contributed by atoms with E-state index in [1.54, 1.807) is 12.4 Å². The second-order valence-electron chi connectivity index (χ2n) is 5.74. The summed E-state index contributed by atoms with van der Waals surface area (Å²) in [4.78, 5) is 20.9. The first-order valence-electron chi connectivity index (χ1n) is 7.84. The van der Waals surface area contributed by atoms with Gasteiger partial charge in [0.25, 0.3) is 5.91 Å². The third-order valence-electron chi connectivity index (χ3n) is 3.54. The summed E-state index contributed by atoms with van der Waals surface area (Å²) in [5, 5.41) is 7.59. The van der Waals surface area contributed by atoms with Crippen molar-refractivity contribution in [1.82, 2.24) is 19.7 Å². The lowest BCUT2D eigenvalue weighted by Gasteiger charge is -2.08. The fourth-order valence-electron chi connectivity index (χ4n) is 2.23. The van der Waals surface area contributed by atoms with Crippen LogP contribution in [0.2, 0.25) is 0 Å². The van der Waals surface area contributed by atoms with Crippen LogP contribution in [0.3, 0.4) is 0 Å². The Morgan fingerprint density at radius 3 is 2.50 bits per heavy atom. The molecule has 2 heterocycles. The number of pyridine rings is 1.